The van der Waals surface area contributed by atoms with Crippen LogP contribution in [0.2, 0.25) is 0 Å². The monoisotopic (exact) mass is 292 g/mol. The van der Waals surface area contributed by atoms with Gasteiger partial charge >= 0.3 is 0 Å². The largest absolute Gasteiger partial charge is 0.409 e. The molecule has 1 aromatic carbocycles. The number of carbonyl (C=O) groups is 1. The number of nitrogens with two attached hydrogens (primary N) is 1. The normalized spacial score (nSPS) is 14.4. The van der Waals surface area contributed by atoms with Crippen LogP contribution in [0.25, 0.3) is 0 Å². The maximum atomic E-state index is 12.4. The summed E-state index contributed by atoms with van der Waals surface area (Å²) in [5, 5.41) is 14.7. The second kappa shape index (κ2) is 6.47. The van der Waals surface area contributed by atoms with E-state index in [2.05, 4.69) is 10.5 Å². The molecule has 1 aromatic rings. The van der Waals surface area contributed by atoms with Crippen molar-refractivity contribution in [2.24, 2.45) is 16.3 Å². The van der Waals surface area contributed by atoms with E-state index in [0.717, 1.165) is 11.3 Å². The van der Waals surface area contributed by atoms with E-state index in [4.69, 9.17) is 10.9 Å². The Balaban J connectivity index is 3.06. The average Bonchev–Trinajstić information content (AvgIpc) is 2.46. The molecule has 0 aliphatic heterocycles. The number of aryl methyl sites for hydroxylation is 1. The van der Waals surface area contributed by atoms with Gasteiger partial charge in [0.05, 0.1) is 0 Å². The number of nitrogens with zero attached hydrogens (tertiary/aromatic N) is 2. The minimum absolute atomic E-state index is 0.0950. The second-order valence-electron chi connectivity index (χ2n) is 5.52. The summed E-state index contributed by atoms with van der Waals surface area (Å²) in [6.45, 7) is 5.48. The fraction of sp³-hybridized carbons (Fsp3) is 0.467. The van der Waals surface area contributed by atoms with Crippen LogP contribution in [-0.2, 0) is 4.79 Å². The zero-order valence-corrected chi connectivity index (χ0v) is 13.3. The maximum Gasteiger partial charge on any atom is 0.238 e. The van der Waals surface area contributed by atoms with Gasteiger partial charge in [0.2, 0.25) is 5.91 Å². The van der Waals surface area contributed by atoms with Gasteiger partial charge in [-0.2, -0.15) is 0 Å². The smallest absolute Gasteiger partial charge is 0.238 e. The molecule has 1 amide bonds. The van der Waals surface area contributed by atoms with Crippen LogP contribution in [0.5, 0.6) is 0 Å². The highest BCUT2D eigenvalue weighted by atomic mass is 16.4. The van der Waals surface area contributed by atoms with E-state index in [0.29, 0.717) is 12.1 Å². The topological polar surface area (TPSA) is 91.0 Å². The van der Waals surface area contributed by atoms with E-state index < -0.39 is 5.41 Å². The van der Waals surface area contributed by atoms with Gasteiger partial charge in [0.25, 0.3) is 0 Å². The highest BCUT2D eigenvalue weighted by molar-refractivity contribution is 6.11. The van der Waals surface area contributed by atoms with Crippen LogP contribution >= 0.6 is 0 Å². The molecule has 0 bridgehead atoms. The molecule has 6 heteroatoms. The van der Waals surface area contributed by atoms with Crippen molar-refractivity contribution in [3.63, 3.8) is 0 Å². The average molecular weight is 292 g/mol. The first-order chi connectivity index (χ1) is 9.76. The lowest BCUT2D eigenvalue weighted by Gasteiger charge is -2.25. The zero-order chi connectivity index (χ0) is 16.2. The third-order valence-electron chi connectivity index (χ3n) is 3.83. The Morgan fingerprint density at radius 1 is 1.48 bits per heavy atom. The van der Waals surface area contributed by atoms with Crippen molar-refractivity contribution in [2.45, 2.75) is 27.2 Å². The Morgan fingerprint density at radius 2 is 2.10 bits per heavy atom. The fourth-order valence-electron chi connectivity index (χ4n) is 2.01. The van der Waals surface area contributed by atoms with E-state index in [1.807, 2.05) is 51.0 Å². The molecular formula is C15H24N4O2. The summed E-state index contributed by atoms with van der Waals surface area (Å²) in [6, 6.07) is 5.68. The van der Waals surface area contributed by atoms with E-state index in [-0.39, 0.29) is 11.7 Å². The molecule has 6 nitrogen and oxygen atoms in total. The van der Waals surface area contributed by atoms with Crippen LogP contribution in [0.4, 0.5) is 11.4 Å². The lowest BCUT2D eigenvalue weighted by Crippen LogP contribution is -2.44. The van der Waals surface area contributed by atoms with E-state index >= 15 is 0 Å². The van der Waals surface area contributed by atoms with Crippen molar-refractivity contribution in [3.8, 4) is 0 Å². The molecule has 116 valence electrons. The van der Waals surface area contributed by atoms with Gasteiger partial charge in [-0.05, 0) is 38.0 Å². The van der Waals surface area contributed by atoms with Crippen LogP contribution in [0.1, 0.15) is 25.8 Å². The quantitative estimate of drug-likeness (QED) is 0.336. The molecule has 0 saturated carbocycles. The molecule has 0 spiro atoms. The molecule has 0 aliphatic carbocycles. The van der Waals surface area contributed by atoms with Crippen LogP contribution in [0, 0.1) is 12.3 Å². The summed E-state index contributed by atoms with van der Waals surface area (Å²) in [6.07, 6.45) is 0.432. The number of nitrogens with one attached hydrogen (secondary N) is 1. The number of hydrogen-bond acceptors (Lipinski definition) is 4. The van der Waals surface area contributed by atoms with Crippen LogP contribution in [-0.4, -0.2) is 31.0 Å². The third kappa shape index (κ3) is 3.45. The highest BCUT2D eigenvalue weighted by Gasteiger charge is 2.36. The molecular weight excluding hydrogens is 268 g/mol. The van der Waals surface area contributed by atoms with Gasteiger partial charge < -0.3 is 21.2 Å². The van der Waals surface area contributed by atoms with Crippen molar-refractivity contribution in [2.75, 3.05) is 24.3 Å². The Hall–Kier alpha value is -2.24. The van der Waals surface area contributed by atoms with Crippen molar-refractivity contribution in [1.29, 1.82) is 0 Å². The molecule has 4 N–H and O–H groups in total. The summed E-state index contributed by atoms with van der Waals surface area (Å²) >= 11 is 0. The van der Waals surface area contributed by atoms with E-state index in [9.17, 15) is 4.79 Å². The number of oxime groups is 1. The number of hydrogen-bond donors (Lipinski definition) is 3. The first-order valence-electron chi connectivity index (χ1n) is 6.83. The third-order valence-corrected chi connectivity index (χ3v) is 3.83. The zero-order valence-electron chi connectivity index (χ0n) is 13.3. The molecule has 0 fully saturated rings. The molecule has 0 radical (unpaired) electrons. The van der Waals surface area contributed by atoms with Crippen molar-refractivity contribution >= 4 is 23.1 Å². The summed E-state index contributed by atoms with van der Waals surface area (Å²) in [5.41, 5.74) is 7.43. The lowest BCUT2D eigenvalue weighted by molar-refractivity contribution is -0.121. The molecule has 0 heterocycles. The predicted molar refractivity (Wildman–Crippen MR) is 85.9 cm³/mol. The summed E-state index contributed by atoms with van der Waals surface area (Å²) in [5.74, 6) is -0.392. The van der Waals surface area contributed by atoms with Gasteiger partial charge in [0.1, 0.15) is 5.41 Å². The minimum atomic E-state index is -1.04. The van der Waals surface area contributed by atoms with Gasteiger partial charge in [-0.15, -0.1) is 0 Å². The van der Waals surface area contributed by atoms with Gasteiger partial charge in [-0.3, -0.25) is 4.79 Å². The first-order valence-corrected chi connectivity index (χ1v) is 6.83. The summed E-state index contributed by atoms with van der Waals surface area (Å²) < 4.78 is 0. The standard InChI is InChI=1S/C15H24N4O2/c1-6-15(3,13(16)18-21)14(20)17-11-8-7-10(2)12(9-11)19(4)5/h7-9,21H,6H2,1-5H3,(H2,16,18)(H,17,20). The van der Waals surface area contributed by atoms with E-state index in [1.54, 1.807) is 6.92 Å². The molecule has 1 rings (SSSR count). The maximum absolute atomic E-state index is 12.4. The highest BCUT2D eigenvalue weighted by Crippen LogP contribution is 2.27. The first kappa shape index (κ1) is 16.8. The summed E-state index contributed by atoms with van der Waals surface area (Å²) in [7, 11) is 3.89. The lowest BCUT2D eigenvalue weighted by atomic mass is 9.85. The number of rotatable bonds is 5. The van der Waals surface area contributed by atoms with Crippen LogP contribution in [0.3, 0.4) is 0 Å². The number of amidine groups is 1. The van der Waals surface area contributed by atoms with Gasteiger partial charge in [-0.1, -0.05) is 18.1 Å². The number of benzene rings is 1. The molecule has 21 heavy (non-hydrogen) atoms. The molecule has 0 aliphatic rings. The van der Waals surface area contributed by atoms with Gasteiger partial charge in [0, 0.05) is 25.5 Å². The van der Waals surface area contributed by atoms with Gasteiger partial charge in [0.15, 0.2) is 5.84 Å². The Bertz CT molecular complexity index is 555. The molecule has 1 unspecified atom stereocenters. The Labute approximate surface area is 125 Å². The number of anilines is 2. The molecule has 0 aromatic heterocycles. The Morgan fingerprint density at radius 3 is 2.57 bits per heavy atom. The van der Waals surface area contributed by atoms with Gasteiger partial charge in [-0.25, -0.2) is 0 Å². The number of carbonyl (C=O) groups excluding carboxylic acids is 1. The number of amides is 1. The van der Waals surface area contributed by atoms with Crippen LogP contribution in [0.15, 0.2) is 23.4 Å². The van der Waals surface area contributed by atoms with Crippen LogP contribution < -0.4 is 16.0 Å². The van der Waals surface area contributed by atoms with Crippen molar-refractivity contribution in [3.05, 3.63) is 23.8 Å². The minimum Gasteiger partial charge on any atom is -0.409 e. The van der Waals surface area contributed by atoms with Crippen molar-refractivity contribution < 1.29 is 10.0 Å². The van der Waals surface area contributed by atoms with E-state index in [1.165, 1.54) is 0 Å². The summed E-state index contributed by atoms with van der Waals surface area (Å²) in [4.78, 5) is 14.4. The van der Waals surface area contributed by atoms with Crippen molar-refractivity contribution in [1.82, 2.24) is 0 Å². The molecule has 0 saturated heterocycles. The Kier molecular flexibility index (Phi) is 5.18. The fourth-order valence-corrected chi connectivity index (χ4v) is 2.01. The SMILES string of the molecule is CCC(C)(C(=O)Nc1ccc(C)c(N(C)C)c1)/C(N)=N/O. The predicted octanol–water partition coefficient (Wildman–Crippen LogP) is 2.16. The second-order valence-corrected chi connectivity index (χ2v) is 5.52. The molecule has 1 atom stereocenters.